The highest BCUT2D eigenvalue weighted by atomic mass is 16.6. The van der Waals surface area contributed by atoms with E-state index in [9.17, 15) is 19.8 Å². The Labute approximate surface area is 207 Å². The van der Waals surface area contributed by atoms with Gasteiger partial charge in [0.15, 0.2) is 12.6 Å². The Morgan fingerprint density at radius 2 is 1.94 bits per heavy atom. The Bertz CT molecular complexity index is 983. The first-order chi connectivity index (χ1) is 16.4. The number of terminal acetylenes is 1. The minimum Gasteiger partial charge on any atom is -0.480 e. The summed E-state index contributed by atoms with van der Waals surface area (Å²) in [7, 11) is 0. The maximum Gasteiger partial charge on any atom is 0.328 e. The van der Waals surface area contributed by atoms with E-state index in [2.05, 4.69) is 36.3 Å². The van der Waals surface area contributed by atoms with Crippen molar-refractivity contribution in [1.29, 1.82) is 0 Å². The maximum atomic E-state index is 12.0. The van der Waals surface area contributed by atoms with Crippen LogP contribution in [0, 0.1) is 40.9 Å². The van der Waals surface area contributed by atoms with Crippen LogP contribution in [0.4, 0.5) is 0 Å². The van der Waals surface area contributed by atoms with Crippen molar-refractivity contribution in [1.82, 2.24) is 5.32 Å². The van der Waals surface area contributed by atoms with Crippen molar-refractivity contribution < 1.29 is 29.7 Å². The number of allylic oxidation sites excluding steroid dienone is 2. The summed E-state index contributed by atoms with van der Waals surface area (Å²) in [6, 6.07) is -1.39. The number of aliphatic carboxylic acids is 1. The van der Waals surface area contributed by atoms with Crippen molar-refractivity contribution >= 4 is 17.6 Å². The van der Waals surface area contributed by atoms with Crippen LogP contribution in [-0.4, -0.2) is 57.3 Å². The molecule has 8 nitrogen and oxygen atoms in total. The number of oxime groups is 1. The predicted molar refractivity (Wildman–Crippen MR) is 130 cm³/mol. The second-order valence-electron chi connectivity index (χ2n) is 11.5. The quantitative estimate of drug-likeness (QED) is 0.338. The molecule has 8 atom stereocenters. The summed E-state index contributed by atoms with van der Waals surface area (Å²) in [6.45, 7) is 5.46. The third-order valence-corrected chi connectivity index (χ3v) is 9.81. The van der Waals surface area contributed by atoms with Crippen molar-refractivity contribution in [3.63, 3.8) is 0 Å². The lowest BCUT2D eigenvalue weighted by atomic mass is 9.46. The van der Waals surface area contributed by atoms with Gasteiger partial charge in [-0.1, -0.05) is 30.5 Å². The fourth-order valence-corrected chi connectivity index (χ4v) is 7.67. The van der Waals surface area contributed by atoms with E-state index in [4.69, 9.17) is 16.4 Å². The molecular weight excluding hydrogens is 448 g/mol. The largest absolute Gasteiger partial charge is 0.480 e. The topological polar surface area (TPSA) is 128 Å². The molecule has 4 aliphatic carbocycles. The van der Waals surface area contributed by atoms with Crippen LogP contribution in [0.25, 0.3) is 0 Å². The number of carboxylic acids is 1. The summed E-state index contributed by atoms with van der Waals surface area (Å²) >= 11 is 0. The van der Waals surface area contributed by atoms with E-state index in [1.54, 1.807) is 0 Å². The minimum absolute atomic E-state index is 0.0868. The van der Waals surface area contributed by atoms with Gasteiger partial charge in [-0.15, -0.1) is 6.42 Å². The number of aliphatic hydroxyl groups excluding tert-OH is 1. The van der Waals surface area contributed by atoms with Crippen molar-refractivity contribution in [2.24, 2.45) is 33.7 Å². The molecule has 0 heterocycles. The van der Waals surface area contributed by atoms with Crippen molar-refractivity contribution in [2.45, 2.75) is 89.9 Å². The van der Waals surface area contributed by atoms with Crippen molar-refractivity contribution in [2.75, 3.05) is 6.61 Å². The second kappa shape index (κ2) is 9.25. The Morgan fingerprint density at radius 1 is 1.23 bits per heavy atom. The molecule has 0 aromatic heterocycles. The van der Waals surface area contributed by atoms with Gasteiger partial charge in [0.25, 0.3) is 5.91 Å². The van der Waals surface area contributed by atoms with Crippen molar-refractivity contribution in [3.8, 4) is 12.3 Å². The molecule has 8 heteroatoms. The highest BCUT2D eigenvalue weighted by Gasteiger charge is 2.63. The van der Waals surface area contributed by atoms with Gasteiger partial charge in [0.05, 0.1) is 11.8 Å². The van der Waals surface area contributed by atoms with Gasteiger partial charge in [-0.2, -0.15) is 0 Å². The molecule has 3 saturated carbocycles. The molecule has 0 spiro atoms. The Kier molecular flexibility index (Phi) is 6.80. The average Bonchev–Trinajstić information content (AvgIpc) is 3.08. The number of hydrogen-bond acceptors (Lipinski definition) is 6. The second-order valence-corrected chi connectivity index (χ2v) is 11.5. The standard InChI is InChI=1S/C27H38N2O6/c1-5-27(34)13-10-21-19-7-6-17-14-18(8-11-25(17,3)20(19)9-12-26(21,27)4)29-35-15-22(31)28-23(16(2)30)24(32)33/h1,14,16,19-21,23,30,34H,6-13,15H2,2-4H3,(H,28,31)(H,32,33)/b29-18-/t16-,19-,20+,21+,23+,25+,26+,27-/m1/s1. The number of carboxylic acid groups (broad SMARTS) is 1. The number of amides is 1. The van der Waals surface area contributed by atoms with Crippen LogP contribution in [-0.2, 0) is 14.4 Å². The summed E-state index contributed by atoms with van der Waals surface area (Å²) in [4.78, 5) is 28.3. The summed E-state index contributed by atoms with van der Waals surface area (Å²) in [5, 5.41) is 36.1. The van der Waals surface area contributed by atoms with Gasteiger partial charge in [0.2, 0.25) is 0 Å². The lowest BCUT2D eigenvalue weighted by Crippen LogP contribution is -2.54. The highest BCUT2D eigenvalue weighted by molar-refractivity contribution is 5.96. The minimum atomic E-state index is -1.39. The molecule has 35 heavy (non-hydrogen) atoms. The SMILES string of the molecule is C#C[C@@]1(O)CC[C@H]2[C@@H]3CCC4=C/C(=N\OCC(=O)N[C@H](C(=O)O)[C@@H](C)O)CC[C@]4(C)[C@H]3CC[C@@]21C. The van der Waals surface area contributed by atoms with Crippen molar-refractivity contribution in [3.05, 3.63) is 11.6 Å². The zero-order chi connectivity index (χ0) is 25.6. The number of nitrogens with zero attached hydrogens (tertiary/aromatic N) is 1. The maximum absolute atomic E-state index is 12.0. The van der Waals surface area contributed by atoms with Gasteiger partial charge in [0, 0.05) is 5.41 Å². The highest BCUT2D eigenvalue weighted by Crippen LogP contribution is 2.67. The van der Waals surface area contributed by atoms with E-state index < -0.39 is 36.2 Å². The van der Waals surface area contributed by atoms with Gasteiger partial charge in [-0.3, -0.25) is 4.79 Å². The zero-order valence-corrected chi connectivity index (χ0v) is 20.9. The molecule has 4 N–H and O–H groups in total. The molecule has 4 aliphatic rings. The van der Waals surface area contributed by atoms with Crippen LogP contribution in [0.1, 0.15) is 72.1 Å². The third-order valence-electron chi connectivity index (χ3n) is 9.81. The molecule has 1 amide bonds. The van der Waals surface area contributed by atoms with Gasteiger partial charge in [-0.05, 0) is 87.5 Å². The first-order valence-corrected chi connectivity index (χ1v) is 12.8. The number of hydrogen-bond donors (Lipinski definition) is 4. The number of nitrogens with one attached hydrogen (secondary N) is 1. The molecule has 0 aromatic rings. The lowest BCUT2D eigenvalue weighted by Gasteiger charge is -2.58. The Morgan fingerprint density at radius 3 is 2.60 bits per heavy atom. The predicted octanol–water partition coefficient (Wildman–Crippen LogP) is 2.64. The Balaban J connectivity index is 1.41. The number of carbonyl (C=O) groups excluding carboxylic acids is 1. The summed E-state index contributed by atoms with van der Waals surface area (Å²) < 4.78 is 0. The monoisotopic (exact) mass is 486 g/mol. The third kappa shape index (κ3) is 4.27. The van der Waals surface area contributed by atoms with Gasteiger partial charge < -0.3 is 25.5 Å². The molecule has 0 saturated heterocycles. The molecule has 0 aromatic carbocycles. The van der Waals surface area contributed by atoms with Crippen LogP contribution in [0.5, 0.6) is 0 Å². The van der Waals surface area contributed by atoms with Crippen LogP contribution in [0.3, 0.4) is 0 Å². The first kappa shape index (κ1) is 25.7. The smallest absolute Gasteiger partial charge is 0.328 e. The average molecular weight is 487 g/mol. The molecule has 0 unspecified atom stereocenters. The fraction of sp³-hybridized carbons (Fsp3) is 0.741. The van der Waals surface area contributed by atoms with Gasteiger partial charge in [-0.25, -0.2) is 4.79 Å². The van der Waals surface area contributed by atoms with Crippen LogP contribution in [0.2, 0.25) is 0 Å². The van der Waals surface area contributed by atoms with E-state index in [-0.39, 0.29) is 10.8 Å². The van der Waals surface area contributed by atoms with E-state index in [0.29, 0.717) is 24.2 Å². The summed E-state index contributed by atoms with van der Waals surface area (Å²) in [6.07, 6.45) is 14.1. The number of fused-ring (bicyclic) bond motifs is 5. The van der Waals surface area contributed by atoms with Crippen LogP contribution in [0.15, 0.2) is 16.8 Å². The molecule has 0 bridgehead atoms. The molecule has 0 radical (unpaired) electrons. The normalized spacial score (nSPS) is 40.9. The Hall–Kier alpha value is -2.37. The number of rotatable bonds is 6. The van der Waals surface area contributed by atoms with E-state index in [1.165, 1.54) is 12.5 Å². The molecule has 3 fully saturated rings. The number of carbonyl (C=O) groups is 2. The molecule has 4 rings (SSSR count). The van der Waals surface area contributed by atoms with E-state index >= 15 is 0 Å². The lowest BCUT2D eigenvalue weighted by molar-refractivity contribution is -0.145. The number of aliphatic hydroxyl groups is 2. The fourth-order valence-electron chi connectivity index (χ4n) is 7.67. The summed E-state index contributed by atoms with van der Waals surface area (Å²) in [5.74, 6) is 2.36. The van der Waals surface area contributed by atoms with Gasteiger partial charge in [0.1, 0.15) is 5.60 Å². The zero-order valence-electron chi connectivity index (χ0n) is 20.9. The summed E-state index contributed by atoms with van der Waals surface area (Å²) in [5.41, 5.74) is 1.06. The molecule has 192 valence electrons. The van der Waals surface area contributed by atoms with Crippen LogP contribution >= 0.6 is 0 Å². The van der Waals surface area contributed by atoms with E-state index in [0.717, 1.165) is 50.7 Å². The molecular formula is C27H38N2O6. The first-order valence-electron chi connectivity index (χ1n) is 12.8. The van der Waals surface area contributed by atoms with E-state index in [1.807, 2.05) is 0 Å². The van der Waals surface area contributed by atoms with Crippen LogP contribution < -0.4 is 5.32 Å². The molecule has 0 aliphatic heterocycles. The van der Waals surface area contributed by atoms with Gasteiger partial charge >= 0.3 is 5.97 Å².